The van der Waals surface area contributed by atoms with Crippen molar-refractivity contribution in [3.63, 3.8) is 0 Å². The van der Waals surface area contributed by atoms with Crippen molar-refractivity contribution in [2.24, 2.45) is 0 Å². The first-order chi connectivity index (χ1) is 20.0. The molecule has 2 fully saturated rings. The average molecular weight is 637 g/mol. The predicted molar refractivity (Wildman–Crippen MR) is 141 cm³/mol. The van der Waals surface area contributed by atoms with Crippen LogP contribution in [0.1, 0.15) is 55.4 Å². The molecule has 0 aromatic rings. The first kappa shape index (κ1) is 35.8. The first-order valence-corrected chi connectivity index (χ1v) is 14.1. The molecule has 0 aromatic carbocycles. The SMILES string of the molecule is CC(=O)OC[C@H]1O[C@@H](O[C@H]2[C@H](OC(C)=O)[C@@H](OC(C)=O)[C@H](OC(C)=O)S[C@H]2C)[C@H](OC(C)=O)[C@@H](OC(C)=O)[C@H]1OC(C)=O. The summed E-state index contributed by atoms with van der Waals surface area (Å²) in [6, 6.07) is 0. The fraction of sp³-hybridized carbons (Fsp3) is 0.731. The monoisotopic (exact) mass is 636 g/mol. The highest BCUT2D eigenvalue weighted by Gasteiger charge is 2.56. The Balaban J connectivity index is 2.61. The molecule has 2 aliphatic heterocycles. The lowest BCUT2D eigenvalue weighted by atomic mass is 9.97. The lowest BCUT2D eigenvalue weighted by Gasteiger charge is -2.48. The van der Waals surface area contributed by atoms with Gasteiger partial charge in [-0.05, 0) is 0 Å². The Morgan fingerprint density at radius 2 is 0.953 bits per heavy atom. The number of hydrogen-bond donors (Lipinski definition) is 0. The summed E-state index contributed by atoms with van der Waals surface area (Å²) in [4.78, 5) is 83.8. The highest BCUT2D eigenvalue weighted by molar-refractivity contribution is 8.00. The van der Waals surface area contributed by atoms with Gasteiger partial charge in [0.1, 0.15) is 18.8 Å². The van der Waals surface area contributed by atoms with E-state index in [9.17, 15) is 33.6 Å². The second kappa shape index (κ2) is 15.9. The molecular weight excluding hydrogens is 600 g/mol. The third-order valence-corrected chi connectivity index (χ3v) is 7.18. The van der Waals surface area contributed by atoms with Crippen molar-refractivity contribution < 1.29 is 76.2 Å². The van der Waals surface area contributed by atoms with Crippen molar-refractivity contribution in [2.45, 2.75) is 115 Å². The summed E-state index contributed by atoms with van der Waals surface area (Å²) in [6.45, 7) is 8.83. The summed E-state index contributed by atoms with van der Waals surface area (Å²) in [7, 11) is 0. The molecule has 0 unspecified atom stereocenters. The first-order valence-electron chi connectivity index (χ1n) is 13.1. The molecule has 2 saturated heterocycles. The van der Waals surface area contributed by atoms with E-state index < -0.39 is 108 Å². The molecule has 16 nitrogen and oxygen atoms in total. The van der Waals surface area contributed by atoms with Crippen molar-refractivity contribution in [1.29, 1.82) is 0 Å². The second-order valence-corrected chi connectivity index (χ2v) is 11.1. The number of rotatable bonds is 10. The third-order valence-electron chi connectivity index (χ3n) is 5.85. The molecule has 0 saturated carbocycles. The van der Waals surface area contributed by atoms with Crippen molar-refractivity contribution in [3.8, 4) is 0 Å². The van der Waals surface area contributed by atoms with Crippen LogP contribution < -0.4 is 0 Å². The molecule has 0 aromatic heterocycles. The zero-order valence-electron chi connectivity index (χ0n) is 24.9. The van der Waals surface area contributed by atoms with Crippen LogP contribution in [0.4, 0.5) is 0 Å². The number of carbonyl (C=O) groups is 7. The van der Waals surface area contributed by atoms with E-state index in [1.165, 1.54) is 0 Å². The maximum Gasteiger partial charge on any atom is 0.303 e. The zero-order valence-corrected chi connectivity index (χ0v) is 25.7. The van der Waals surface area contributed by atoms with Gasteiger partial charge in [-0.25, -0.2) is 0 Å². The lowest BCUT2D eigenvalue weighted by molar-refractivity contribution is -0.325. The Labute approximate surface area is 251 Å². The Bertz CT molecular complexity index is 1080. The van der Waals surface area contributed by atoms with Crippen molar-refractivity contribution >= 4 is 53.5 Å². The van der Waals surface area contributed by atoms with Gasteiger partial charge in [0.25, 0.3) is 0 Å². The number of hydrogen-bond acceptors (Lipinski definition) is 17. The van der Waals surface area contributed by atoms with Crippen molar-refractivity contribution in [1.82, 2.24) is 0 Å². The van der Waals surface area contributed by atoms with E-state index in [-0.39, 0.29) is 0 Å². The topological polar surface area (TPSA) is 203 Å². The van der Waals surface area contributed by atoms with E-state index in [4.69, 9.17) is 42.6 Å². The summed E-state index contributed by atoms with van der Waals surface area (Å²) >= 11 is 1.02. The van der Waals surface area contributed by atoms with E-state index in [0.29, 0.717) is 0 Å². The lowest BCUT2D eigenvalue weighted by Crippen LogP contribution is -2.65. The summed E-state index contributed by atoms with van der Waals surface area (Å²) in [5, 5.41) is -0.660. The van der Waals surface area contributed by atoms with Crippen LogP contribution in [0.5, 0.6) is 0 Å². The van der Waals surface area contributed by atoms with Crippen LogP contribution in [-0.2, 0) is 76.2 Å². The minimum atomic E-state index is -1.62. The molecule has 2 aliphatic rings. The van der Waals surface area contributed by atoms with E-state index >= 15 is 0 Å². The van der Waals surface area contributed by atoms with Crippen LogP contribution in [0.25, 0.3) is 0 Å². The molecule has 0 bridgehead atoms. The van der Waals surface area contributed by atoms with E-state index in [0.717, 1.165) is 60.2 Å². The van der Waals surface area contributed by atoms with Crippen LogP contribution >= 0.6 is 11.8 Å². The number of thioether (sulfide) groups is 1. The molecule has 0 N–H and O–H groups in total. The predicted octanol–water partition coefficient (Wildman–Crippen LogP) is 0.343. The molecular formula is C26H36O16S. The van der Waals surface area contributed by atoms with E-state index in [1.807, 2.05) is 0 Å². The Hall–Kier alpha value is -3.44. The molecule has 10 atom stereocenters. The van der Waals surface area contributed by atoms with Crippen LogP contribution in [0, 0.1) is 0 Å². The van der Waals surface area contributed by atoms with Crippen LogP contribution in [0.3, 0.4) is 0 Å². The van der Waals surface area contributed by atoms with Crippen molar-refractivity contribution in [3.05, 3.63) is 0 Å². The quantitative estimate of drug-likeness (QED) is 0.234. The highest BCUT2D eigenvalue weighted by atomic mass is 32.2. The summed E-state index contributed by atoms with van der Waals surface area (Å²) in [5.41, 5.74) is -1.10. The number of carbonyl (C=O) groups excluding carboxylic acids is 7. The molecule has 2 rings (SSSR count). The minimum absolute atomic E-state index is 0.495. The van der Waals surface area contributed by atoms with Gasteiger partial charge in [-0.15, -0.1) is 11.8 Å². The molecule has 0 aliphatic carbocycles. The summed E-state index contributed by atoms with van der Waals surface area (Å²) in [6.07, 6.45) is -11.3. The van der Waals surface area contributed by atoms with Gasteiger partial charge in [-0.2, -0.15) is 0 Å². The standard InChI is InChI=1S/C26H36O16S/c1-10-19(21(36-13(4)29)24(39-16(7)32)26(43-10)40-17(8)33)42-25-23(38-15(6)31)22(37-14(5)30)20(35-12(3)28)18(41-25)9-34-11(2)27/h10,18-26H,9H2,1-8H3/t10-,18+,19+,20-,21-,22-,23+,24+,25-,26+/m0/s1. The average Bonchev–Trinajstić information content (AvgIpc) is 2.84. The molecule has 17 heteroatoms. The maximum absolute atomic E-state index is 12.2. The molecule has 0 spiro atoms. The maximum atomic E-state index is 12.2. The van der Waals surface area contributed by atoms with Gasteiger partial charge in [-0.3, -0.25) is 33.6 Å². The van der Waals surface area contributed by atoms with E-state index in [1.54, 1.807) is 6.92 Å². The Kier molecular flexibility index (Phi) is 13.2. The number of ether oxygens (including phenoxy) is 9. The smallest absolute Gasteiger partial charge is 0.303 e. The summed E-state index contributed by atoms with van der Waals surface area (Å²) in [5.74, 6) is -5.48. The minimum Gasteiger partial charge on any atom is -0.463 e. The van der Waals surface area contributed by atoms with Crippen LogP contribution in [-0.4, -0.2) is 108 Å². The third kappa shape index (κ3) is 10.7. The molecule has 0 radical (unpaired) electrons. The van der Waals surface area contributed by atoms with Gasteiger partial charge in [0.15, 0.2) is 42.2 Å². The second-order valence-electron chi connectivity index (χ2n) is 9.64. The van der Waals surface area contributed by atoms with Gasteiger partial charge < -0.3 is 42.6 Å². The molecule has 43 heavy (non-hydrogen) atoms. The van der Waals surface area contributed by atoms with Gasteiger partial charge in [0, 0.05) is 53.7 Å². The van der Waals surface area contributed by atoms with Gasteiger partial charge in [0.2, 0.25) is 0 Å². The molecule has 0 amide bonds. The molecule has 242 valence electrons. The zero-order chi connectivity index (χ0) is 32.6. The van der Waals surface area contributed by atoms with E-state index in [2.05, 4.69) is 0 Å². The van der Waals surface area contributed by atoms with Gasteiger partial charge >= 0.3 is 41.8 Å². The normalized spacial score (nSPS) is 31.9. The Morgan fingerprint density at radius 3 is 1.42 bits per heavy atom. The van der Waals surface area contributed by atoms with Gasteiger partial charge in [-0.1, -0.05) is 6.92 Å². The van der Waals surface area contributed by atoms with Gasteiger partial charge in [0.05, 0.1) is 0 Å². The summed E-state index contributed by atoms with van der Waals surface area (Å²) < 4.78 is 49.7. The fourth-order valence-electron chi connectivity index (χ4n) is 4.51. The fourth-order valence-corrected chi connectivity index (χ4v) is 5.87. The Morgan fingerprint density at radius 1 is 0.535 bits per heavy atom. The van der Waals surface area contributed by atoms with Crippen molar-refractivity contribution in [2.75, 3.05) is 6.61 Å². The molecule has 2 heterocycles. The highest BCUT2D eigenvalue weighted by Crippen LogP contribution is 2.40. The van der Waals surface area contributed by atoms with Crippen LogP contribution in [0.15, 0.2) is 0 Å². The number of esters is 7. The largest absolute Gasteiger partial charge is 0.463 e. The van der Waals surface area contributed by atoms with Crippen LogP contribution in [0.2, 0.25) is 0 Å².